The summed E-state index contributed by atoms with van der Waals surface area (Å²) >= 11 is 5.23. The van der Waals surface area contributed by atoms with E-state index in [1.54, 1.807) is 0 Å². The number of nitrogens with two attached hydrogens (primary N) is 1. The van der Waals surface area contributed by atoms with Crippen LogP contribution in [-0.4, -0.2) is 17.7 Å². The highest BCUT2D eigenvalue weighted by Gasteiger charge is 2.09. The van der Waals surface area contributed by atoms with E-state index >= 15 is 0 Å². The molecule has 3 N–H and O–H groups in total. The lowest BCUT2D eigenvalue weighted by atomic mass is 10.2. The molecule has 0 aliphatic carbocycles. The molecule has 0 unspecified atom stereocenters. The van der Waals surface area contributed by atoms with Gasteiger partial charge in [-0.3, -0.25) is 9.59 Å². The van der Waals surface area contributed by atoms with Crippen LogP contribution in [-0.2, 0) is 4.79 Å². The van der Waals surface area contributed by atoms with Gasteiger partial charge in [0, 0.05) is 5.56 Å². The number of halogens is 2. The number of carbonyl (C=O) groups is 2. The monoisotopic (exact) mass is 230 g/mol. The number of amides is 2. The van der Waals surface area contributed by atoms with Gasteiger partial charge in [-0.2, -0.15) is 0 Å². The number of nitrogens with one attached hydrogen (secondary N) is 1. The largest absolute Gasteiger partial charge is 0.366 e. The summed E-state index contributed by atoms with van der Waals surface area (Å²) in [6.07, 6.45) is 0. The van der Waals surface area contributed by atoms with Gasteiger partial charge in [0.2, 0.25) is 11.8 Å². The summed E-state index contributed by atoms with van der Waals surface area (Å²) in [5.74, 6) is -2.20. The minimum Gasteiger partial charge on any atom is -0.366 e. The second-order valence-corrected chi connectivity index (χ2v) is 3.01. The van der Waals surface area contributed by atoms with Crippen molar-refractivity contribution < 1.29 is 14.0 Å². The molecule has 0 fully saturated rings. The Morgan fingerprint density at radius 3 is 2.67 bits per heavy atom. The van der Waals surface area contributed by atoms with Crippen LogP contribution in [0.25, 0.3) is 0 Å². The first-order valence-electron chi connectivity index (χ1n) is 3.99. The number of alkyl halides is 1. The third-order valence-electron chi connectivity index (χ3n) is 1.65. The Bertz CT molecular complexity index is 409. The van der Waals surface area contributed by atoms with Crippen molar-refractivity contribution in [2.45, 2.75) is 0 Å². The summed E-state index contributed by atoms with van der Waals surface area (Å²) < 4.78 is 13.1. The van der Waals surface area contributed by atoms with Gasteiger partial charge in [-0.05, 0) is 18.2 Å². The van der Waals surface area contributed by atoms with Gasteiger partial charge >= 0.3 is 0 Å². The zero-order valence-electron chi connectivity index (χ0n) is 7.59. The van der Waals surface area contributed by atoms with Crippen LogP contribution in [0.5, 0.6) is 0 Å². The molecule has 0 saturated heterocycles. The Labute approximate surface area is 90.2 Å². The van der Waals surface area contributed by atoms with Crippen LogP contribution >= 0.6 is 11.6 Å². The first-order valence-corrected chi connectivity index (χ1v) is 4.53. The standard InChI is InChI=1S/C9H8ClFN2O2/c10-4-8(14)13-7-3-5(9(12)15)1-2-6(7)11/h1-3H,4H2,(H2,12,15)(H,13,14). The summed E-state index contributed by atoms with van der Waals surface area (Å²) in [6.45, 7) is 0. The third kappa shape index (κ3) is 2.92. The molecule has 0 atom stereocenters. The summed E-state index contributed by atoms with van der Waals surface area (Å²) in [7, 11) is 0. The zero-order chi connectivity index (χ0) is 11.4. The van der Waals surface area contributed by atoms with E-state index in [9.17, 15) is 14.0 Å². The average molecular weight is 231 g/mol. The summed E-state index contributed by atoms with van der Waals surface area (Å²) in [5.41, 5.74) is 4.99. The van der Waals surface area contributed by atoms with Crippen LogP contribution in [0, 0.1) is 5.82 Å². The quantitative estimate of drug-likeness (QED) is 0.764. The number of hydrogen-bond donors (Lipinski definition) is 2. The third-order valence-corrected chi connectivity index (χ3v) is 1.89. The van der Waals surface area contributed by atoms with Gasteiger partial charge in [0.25, 0.3) is 0 Å². The lowest BCUT2D eigenvalue weighted by molar-refractivity contribution is -0.113. The fraction of sp³-hybridized carbons (Fsp3) is 0.111. The number of primary amides is 1. The highest BCUT2D eigenvalue weighted by Crippen LogP contribution is 2.15. The molecule has 1 aromatic carbocycles. The molecule has 0 spiro atoms. The van der Waals surface area contributed by atoms with Crippen LogP contribution in [0.4, 0.5) is 10.1 Å². The van der Waals surface area contributed by atoms with E-state index < -0.39 is 17.6 Å². The second-order valence-electron chi connectivity index (χ2n) is 2.74. The topological polar surface area (TPSA) is 72.2 Å². The van der Waals surface area contributed by atoms with E-state index in [1.165, 1.54) is 6.07 Å². The lowest BCUT2D eigenvalue weighted by Gasteiger charge is -2.05. The van der Waals surface area contributed by atoms with Crippen LogP contribution in [0.1, 0.15) is 10.4 Å². The SMILES string of the molecule is NC(=O)c1ccc(F)c(NC(=O)CCl)c1. The normalized spacial score (nSPS) is 9.73. The highest BCUT2D eigenvalue weighted by atomic mass is 35.5. The van der Waals surface area contributed by atoms with Crippen LogP contribution in [0.2, 0.25) is 0 Å². The number of rotatable bonds is 3. The molecule has 2 amide bonds. The van der Waals surface area contributed by atoms with Crippen molar-refractivity contribution >= 4 is 29.1 Å². The molecule has 80 valence electrons. The summed E-state index contributed by atoms with van der Waals surface area (Å²) in [5, 5.41) is 2.20. The molecule has 0 radical (unpaired) electrons. The van der Waals surface area contributed by atoms with Crippen LogP contribution < -0.4 is 11.1 Å². The van der Waals surface area contributed by atoms with Gasteiger partial charge in [0.15, 0.2) is 0 Å². The molecular weight excluding hydrogens is 223 g/mol. The van der Waals surface area contributed by atoms with Crippen LogP contribution in [0.3, 0.4) is 0 Å². The Kier molecular flexibility index (Phi) is 3.62. The molecule has 1 rings (SSSR count). The molecule has 0 aliphatic rings. The van der Waals surface area contributed by atoms with E-state index in [0.717, 1.165) is 12.1 Å². The van der Waals surface area contributed by atoms with E-state index in [-0.39, 0.29) is 17.1 Å². The Balaban J connectivity index is 3.00. The predicted octanol–water partition coefficient (Wildman–Crippen LogP) is 1.10. The van der Waals surface area contributed by atoms with Crippen LogP contribution in [0.15, 0.2) is 18.2 Å². The Hall–Kier alpha value is -1.62. The molecule has 0 bridgehead atoms. The number of anilines is 1. The predicted molar refractivity (Wildman–Crippen MR) is 54.3 cm³/mol. The maximum Gasteiger partial charge on any atom is 0.248 e. The summed E-state index contributed by atoms with van der Waals surface area (Å²) in [6, 6.07) is 3.43. The molecule has 0 aliphatic heterocycles. The van der Waals surface area contributed by atoms with Crippen molar-refractivity contribution in [2.24, 2.45) is 5.73 Å². The van der Waals surface area contributed by atoms with Crippen molar-refractivity contribution in [3.8, 4) is 0 Å². The van der Waals surface area contributed by atoms with Crippen molar-refractivity contribution in [1.29, 1.82) is 0 Å². The molecule has 15 heavy (non-hydrogen) atoms. The first kappa shape index (κ1) is 11.5. The smallest absolute Gasteiger partial charge is 0.248 e. The fourth-order valence-corrected chi connectivity index (χ4v) is 1.02. The molecule has 0 aromatic heterocycles. The van der Waals surface area contributed by atoms with E-state index in [0.29, 0.717) is 0 Å². The van der Waals surface area contributed by atoms with Gasteiger partial charge in [-0.15, -0.1) is 11.6 Å². The van der Waals surface area contributed by atoms with Crippen molar-refractivity contribution in [2.75, 3.05) is 11.2 Å². The van der Waals surface area contributed by atoms with Gasteiger partial charge in [-0.25, -0.2) is 4.39 Å². The van der Waals surface area contributed by atoms with E-state index in [2.05, 4.69) is 5.32 Å². The van der Waals surface area contributed by atoms with Gasteiger partial charge in [-0.1, -0.05) is 0 Å². The van der Waals surface area contributed by atoms with Gasteiger partial charge in [0.1, 0.15) is 11.7 Å². The second kappa shape index (κ2) is 4.75. The molecule has 0 saturated carbocycles. The van der Waals surface area contributed by atoms with Crippen molar-refractivity contribution in [3.05, 3.63) is 29.6 Å². The van der Waals surface area contributed by atoms with Gasteiger partial charge < -0.3 is 11.1 Å². The number of hydrogen-bond acceptors (Lipinski definition) is 2. The minimum atomic E-state index is -0.698. The minimum absolute atomic E-state index is 0.112. The molecule has 1 aromatic rings. The maximum absolute atomic E-state index is 13.1. The zero-order valence-corrected chi connectivity index (χ0v) is 8.34. The first-order chi connectivity index (χ1) is 7.04. The number of benzene rings is 1. The Morgan fingerprint density at radius 1 is 1.47 bits per heavy atom. The van der Waals surface area contributed by atoms with E-state index in [1.807, 2.05) is 0 Å². The van der Waals surface area contributed by atoms with E-state index in [4.69, 9.17) is 17.3 Å². The molecular formula is C9H8ClFN2O2. The average Bonchev–Trinajstić information content (AvgIpc) is 2.20. The molecule has 4 nitrogen and oxygen atoms in total. The number of carbonyl (C=O) groups excluding carboxylic acids is 2. The maximum atomic E-state index is 13.1. The van der Waals surface area contributed by atoms with Gasteiger partial charge in [0.05, 0.1) is 5.69 Å². The summed E-state index contributed by atoms with van der Waals surface area (Å²) in [4.78, 5) is 21.7. The highest BCUT2D eigenvalue weighted by molar-refractivity contribution is 6.29. The fourth-order valence-electron chi connectivity index (χ4n) is 0.958. The molecule has 0 heterocycles. The van der Waals surface area contributed by atoms with Crippen molar-refractivity contribution in [3.63, 3.8) is 0 Å². The Morgan fingerprint density at radius 2 is 2.13 bits per heavy atom. The lowest BCUT2D eigenvalue weighted by Crippen LogP contribution is -2.16. The van der Waals surface area contributed by atoms with Crippen molar-refractivity contribution in [1.82, 2.24) is 0 Å². The molecule has 6 heteroatoms.